The molecule has 0 aromatic carbocycles. The molecule has 0 bridgehead atoms. The Bertz CT molecular complexity index is 536. The highest BCUT2D eigenvalue weighted by atomic mass is 32.2. The van der Waals surface area contributed by atoms with Gasteiger partial charge in [0.1, 0.15) is 4.90 Å². The van der Waals surface area contributed by atoms with Gasteiger partial charge in [-0.25, -0.2) is 18.4 Å². The highest BCUT2D eigenvalue weighted by Crippen LogP contribution is 2.25. The molecule has 7 nitrogen and oxygen atoms in total. The molecule has 1 fully saturated rings. The lowest BCUT2D eigenvalue weighted by Gasteiger charge is -2.32. The molecule has 1 aliphatic heterocycles. The summed E-state index contributed by atoms with van der Waals surface area (Å²) in [4.78, 5) is 7.97. The zero-order valence-corrected chi connectivity index (χ0v) is 12.5. The third-order valence-electron chi connectivity index (χ3n) is 3.67. The smallest absolute Gasteiger partial charge is 0.246 e. The van der Waals surface area contributed by atoms with Gasteiger partial charge in [0.15, 0.2) is 0 Å². The number of hydrogen-bond donors (Lipinski definition) is 2. The van der Waals surface area contributed by atoms with Gasteiger partial charge in [0.05, 0.1) is 18.5 Å². The lowest BCUT2D eigenvalue weighted by Crippen LogP contribution is -2.40. The molecule has 0 radical (unpaired) electrons. The fourth-order valence-corrected chi connectivity index (χ4v) is 3.69. The first-order valence-electron chi connectivity index (χ1n) is 6.63. The van der Waals surface area contributed by atoms with Crippen LogP contribution in [0.25, 0.3) is 0 Å². The number of piperidine rings is 1. The van der Waals surface area contributed by atoms with E-state index in [2.05, 4.69) is 15.3 Å². The maximum atomic E-state index is 12.4. The van der Waals surface area contributed by atoms with E-state index < -0.39 is 16.1 Å². The summed E-state index contributed by atoms with van der Waals surface area (Å²) < 4.78 is 26.3. The number of nitrogens with zero attached hydrogens (tertiary/aromatic N) is 3. The van der Waals surface area contributed by atoms with Crippen LogP contribution in [0.1, 0.15) is 19.8 Å². The minimum Gasteiger partial charge on any atom is -0.393 e. The molecule has 1 aromatic rings. The van der Waals surface area contributed by atoms with E-state index in [0.717, 1.165) is 0 Å². The average molecular weight is 300 g/mol. The Kier molecular flexibility index (Phi) is 4.56. The topological polar surface area (TPSA) is 95.4 Å². The number of nitrogens with one attached hydrogen (secondary N) is 1. The van der Waals surface area contributed by atoms with Crippen LogP contribution in [0, 0.1) is 5.92 Å². The number of aromatic nitrogens is 2. The molecule has 20 heavy (non-hydrogen) atoms. The van der Waals surface area contributed by atoms with Crippen LogP contribution in [-0.2, 0) is 10.0 Å². The van der Waals surface area contributed by atoms with Crippen molar-refractivity contribution >= 4 is 16.0 Å². The second kappa shape index (κ2) is 6.02. The summed E-state index contributed by atoms with van der Waals surface area (Å²) in [6, 6.07) is 0. The number of anilines is 1. The molecular formula is C12H20N4O3S. The summed E-state index contributed by atoms with van der Waals surface area (Å²) >= 11 is 0. The molecular weight excluding hydrogens is 280 g/mol. The van der Waals surface area contributed by atoms with Crippen LogP contribution in [0.4, 0.5) is 5.95 Å². The van der Waals surface area contributed by atoms with Gasteiger partial charge >= 0.3 is 0 Å². The third kappa shape index (κ3) is 3.08. The zero-order chi connectivity index (χ0) is 14.8. The molecule has 2 N–H and O–H groups in total. The number of aliphatic hydroxyl groups is 1. The van der Waals surface area contributed by atoms with Crippen molar-refractivity contribution in [2.75, 3.05) is 25.5 Å². The van der Waals surface area contributed by atoms with Crippen LogP contribution in [0.15, 0.2) is 17.3 Å². The van der Waals surface area contributed by atoms with E-state index in [1.807, 2.05) is 0 Å². The fraction of sp³-hybridized carbons (Fsp3) is 0.667. The Morgan fingerprint density at radius 2 is 1.90 bits per heavy atom. The molecule has 1 atom stereocenters. The average Bonchev–Trinajstić information content (AvgIpc) is 2.47. The van der Waals surface area contributed by atoms with Crippen LogP contribution < -0.4 is 5.32 Å². The van der Waals surface area contributed by atoms with Crippen LogP contribution in [0.2, 0.25) is 0 Å². The molecule has 1 aromatic heterocycles. The van der Waals surface area contributed by atoms with Crippen LogP contribution >= 0.6 is 0 Å². The first kappa shape index (κ1) is 15.1. The predicted molar refractivity (Wildman–Crippen MR) is 74.7 cm³/mol. The van der Waals surface area contributed by atoms with Crippen molar-refractivity contribution in [3.63, 3.8) is 0 Å². The zero-order valence-electron chi connectivity index (χ0n) is 11.7. The summed E-state index contributed by atoms with van der Waals surface area (Å²) in [7, 11) is -1.87. The van der Waals surface area contributed by atoms with E-state index in [-0.39, 0.29) is 10.8 Å². The van der Waals surface area contributed by atoms with Crippen molar-refractivity contribution in [2.45, 2.75) is 30.8 Å². The van der Waals surface area contributed by atoms with Crippen molar-refractivity contribution in [3.8, 4) is 0 Å². The van der Waals surface area contributed by atoms with E-state index in [0.29, 0.717) is 31.9 Å². The quantitative estimate of drug-likeness (QED) is 0.830. The van der Waals surface area contributed by atoms with Gasteiger partial charge in [-0.05, 0) is 25.7 Å². The molecule has 0 saturated carbocycles. The summed E-state index contributed by atoms with van der Waals surface area (Å²) in [5.41, 5.74) is 0. The Morgan fingerprint density at radius 1 is 1.35 bits per heavy atom. The molecule has 2 rings (SSSR count). The monoisotopic (exact) mass is 300 g/mol. The van der Waals surface area contributed by atoms with Gasteiger partial charge in [-0.3, -0.25) is 0 Å². The lowest BCUT2D eigenvalue weighted by atomic mass is 9.93. The van der Waals surface area contributed by atoms with E-state index in [9.17, 15) is 13.5 Å². The van der Waals surface area contributed by atoms with Crippen molar-refractivity contribution in [1.82, 2.24) is 14.3 Å². The molecule has 0 spiro atoms. The molecule has 0 amide bonds. The summed E-state index contributed by atoms with van der Waals surface area (Å²) in [5, 5.41) is 12.3. The standard InChI is InChI=1S/C12H20N4O3S/c1-9(17)10-3-5-16(6-4-10)20(18,19)11-7-14-12(13-2)15-8-11/h7-10,17H,3-6H2,1-2H3,(H,13,14,15). The summed E-state index contributed by atoms with van der Waals surface area (Å²) in [6.45, 7) is 2.59. The first-order chi connectivity index (χ1) is 9.45. The van der Waals surface area contributed by atoms with Gasteiger partial charge in [-0.15, -0.1) is 0 Å². The molecule has 1 unspecified atom stereocenters. The molecule has 1 saturated heterocycles. The van der Waals surface area contributed by atoms with Gasteiger partial charge in [-0.1, -0.05) is 0 Å². The van der Waals surface area contributed by atoms with Crippen molar-refractivity contribution in [2.24, 2.45) is 5.92 Å². The molecule has 112 valence electrons. The van der Waals surface area contributed by atoms with Gasteiger partial charge in [-0.2, -0.15) is 4.31 Å². The second-order valence-corrected chi connectivity index (χ2v) is 6.91. The Labute approximate surface area is 119 Å². The highest BCUT2D eigenvalue weighted by molar-refractivity contribution is 7.89. The van der Waals surface area contributed by atoms with Gasteiger partial charge in [0.2, 0.25) is 16.0 Å². The van der Waals surface area contributed by atoms with Gasteiger partial charge in [0, 0.05) is 20.1 Å². The summed E-state index contributed by atoms with van der Waals surface area (Å²) in [6.07, 6.45) is 3.58. The van der Waals surface area contributed by atoms with Crippen LogP contribution in [-0.4, -0.2) is 54.0 Å². The van der Waals surface area contributed by atoms with Crippen molar-refractivity contribution in [1.29, 1.82) is 0 Å². The minimum absolute atomic E-state index is 0.104. The summed E-state index contributed by atoms with van der Waals surface area (Å²) in [5.74, 6) is 0.557. The van der Waals surface area contributed by atoms with E-state index >= 15 is 0 Å². The predicted octanol–water partition coefficient (Wildman–Crippen LogP) is 0.300. The number of hydrogen-bond acceptors (Lipinski definition) is 6. The first-order valence-corrected chi connectivity index (χ1v) is 8.07. The Balaban J connectivity index is 2.11. The van der Waals surface area contributed by atoms with E-state index in [1.165, 1.54) is 16.7 Å². The van der Waals surface area contributed by atoms with E-state index in [4.69, 9.17) is 0 Å². The van der Waals surface area contributed by atoms with Gasteiger partial charge in [0.25, 0.3) is 0 Å². The Morgan fingerprint density at radius 3 is 2.35 bits per heavy atom. The highest BCUT2D eigenvalue weighted by Gasteiger charge is 2.31. The molecule has 2 heterocycles. The SMILES string of the molecule is CNc1ncc(S(=O)(=O)N2CCC(C(C)O)CC2)cn1. The number of sulfonamides is 1. The molecule has 0 aliphatic carbocycles. The third-order valence-corrected chi connectivity index (χ3v) is 5.52. The fourth-order valence-electron chi connectivity index (χ4n) is 2.33. The van der Waals surface area contributed by atoms with Crippen LogP contribution in [0.3, 0.4) is 0 Å². The minimum atomic E-state index is -3.54. The van der Waals surface area contributed by atoms with Crippen LogP contribution in [0.5, 0.6) is 0 Å². The second-order valence-electron chi connectivity index (χ2n) is 4.97. The maximum absolute atomic E-state index is 12.4. The molecule has 8 heteroatoms. The van der Waals surface area contributed by atoms with Gasteiger partial charge < -0.3 is 10.4 Å². The normalized spacial score (nSPS) is 19.8. The largest absolute Gasteiger partial charge is 0.393 e. The molecule has 1 aliphatic rings. The number of rotatable bonds is 4. The maximum Gasteiger partial charge on any atom is 0.246 e. The van der Waals surface area contributed by atoms with E-state index in [1.54, 1.807) is 14.0 Å². The number of aliphatic hydroxyl groups excluding tert-OH is 1. The Hall–Kier alpha value is -1.25. The van der Waals surface area contributed by atoms with Crippen molar-refractivity contribution in [3.05, 3.63) is 12.4 Å². The van der Waals surface area contributed by atoms with Crippen molar-refractivity contribution < 1.29 is 13.5 Å². The lowest BCUT2D eigenvalue weighted by molar-refractivity contribution is 0.0912.